The molecule has 0 aliphatic carbocycles. The SMILES string of the molecule is CCC(Oc1cccc(Cl)c1CNCC(C)C)C(=O)O. The lowest BCUT2D eigenvalue weighted by Gasteiger charge is -2.18. The number of carboxylic acids is 1. The Morgan fingerprint density at radius 2 is 2.15 bits per heavy atom. The molecule has 1 aromatic rings. The van der Waals surface area contributed by atoms with E-state index in [1.54, 1.807) is 25.1 Å². The molecule has 0 radical (unpaired) electrons. The Morgan fingerprint density at radius 3 is 2.70 bits per heavy atom. The third-order valence-corrected chi connectivity index (χ3v) is 3.20. The van der Waals surface area contributed by atoms with Crippen LogP contribution in [0.1, 0.15) is 32.8 Å². The van der Waals surface area contributed by atoms with Gasteiger partial charge in [-0.15, -0.1) is 0 Å². The first-order valence-corrected chi connectivity index (χ1v) is 7.21. The molecule has 0 aliphatic rings. The van der Waals surface area contributed by atoms with E-state index in [1.807, 2.05) is 0 Å². The van der Waals surface area contributed by atoms with Crippen LogP contribution in [0.4, 0.5) is 0 Å². The monoisotopic (exact) mass is 299 g/mol. The predicted molar refractivity (Wildman–Crippen MR) is 80.3 cm³/mol. The van der Waals surface area contributed by atoms with E-state index < -0.39 is 12.1 Å². The topological polar surface area (TPSA) is 58.6 Å². The van der Waals surface area contributed by atoms with Crippen molar-refractivity contribution < 1.29 is 14.6 Å². The van der Waals surface area contributed by atoms with Crippen molar-refractivity contribution in [2.75, 3.05) is 6.54 Å². The number of carboxylic acid groups (broad SMARTS) is 1. The fourth-order valence-electron chi connectivity index (χ4n) is 1.77. The van der Waals surface area contributed by atoms with E-state index in [1.165, 1.54) is 0 Å². The van der Waals surface area contributed by atoms with Gasteiger partial charge in [0.25, 0.3) is 0 Å². The quantitative estimate of drug-likeness (QED) is 0.773. The smallest absolute Gasteiger partial charge is 0.344 e. The van der Waals surface area contributed by atoms with Crippen LogP contribution in [0.5, 0.6) is 5.75 Å². The van der Waals surface area contributed by atoms with E-state index in [-0.39, 0.29) is 0 Å². The van der Waals surface area contributed by atoms with Crippen LogP contribution in [0.25, 0.3) is 0 Å². The van der Waals surface area contributed by atoms with Gasteiger partial charge in [0.2, 0.25) is 0 Å². The van der Waals surface area contributed by atoms with E-state index in [2.05, 4.69) is 19.2 Å². The van der Waals surface area contributed by atoms with Crippen LogP contribution in [0, 0.1) is 5.92 Å². The first-order valence-electron chi connectivity index (χ1n) is 6.83. The molecule has 0 bridgehead atoms. The summed E-state index contributed by atoms with van der Waals surface area (Å²) in [5, 5.41) is 12.9. The molecule has 4 nitrogen and oxygen atoms in total. The molecule has 0 heterocycles. The number of rotatable bonds is 8. The Hall–Kier alpha value is -1.26. The van der Waals surface area contributed by atoms with E-state index in [0.29, 0.717) is 29.7 Å². The molecular weight excluding hydrogens is 278 g/mol. The maximum atomic E-state index is 11.1. The van der Waals surface area contributed by atoms with Crippen molar-refractivity contribution in [1.82, 2.24) is 5.32 Å². The lowest BCUT2D eigenvalue weighted by atomic mass is 10.1. The second-order valence-corrected chi connectivity index (χ2v) is 5.50. The highest BCUT2D eigenvalue weighted by Gasteiger charge is 2.19. The van der Waals surface area contributed by atoms with Crippen LogP contribution in [-0.2, 0) is 11.3 Å². The number of nitrogens with one attached hydrogen (secondary N) is 1. The molecule has 1 unspecified atom stereocenters. The van der Waals surface area contributed by atoms with Gasteiger partial charge in [0, 0.05) is 17.1 Å². The lowest BCUT2D eigenvalue weighted by molar-refractivity contribution is -0.145. The summed E-state index contributed by atoms with van der Waals surface area (Å²) < 4.78 is 5.57. The average molecular weight is 300 g/mol. The third kappa shape index (κ3) is 5.02. The molecule has 0 saturated carbocycles. The van der Waals surface area contributed by atoms with Crippen molar-refractivity contribution in [2.45, 2.75) is 39.8 Å². The molecular formula is C15H22ClNO3. The Labute approximate surface area is 125 Å². The fourth-order valence-corrected chi connectivity index (χ4v) is 2.00. The van der Waals surface area contributed by atoms with Gasteiger partial charge in [-0.2, -0.15) is 0 Å². The number of benzene rings is 1. The van der Waals surface area contributed by atoms with Crippen molar-refractivity contribution in [1.29, 1.82) is 0 Å². The summed E-state index contributed by atoms with van der Waals surface area (Å²) in [6, 6.07) is 5.30. The van der Waals surface area contributed by atoms with Gasteiger partial charge in [0.15, 0.2) is 6.10 Å². The van der Waals surface area contributed by atoms with Gasteiger partial charge in [-0.1, -0.05) is 38.4 Å². The summed E-state index contributed by atoms with van der Waals surface area (Å²) in [6.45, 7) is 7.44. The maximum Gasteiger partial charge on any atom is 0.344 e. The van der Waals surface area contributed by atoms with Gasteiger partial charge in [-0.25, -0.2) is 4.79 Å². The minimum absolute atomic E-state index is 0.403. The van der Waals surface area contributed by atoms with Gasteiger partial charge >= 0.3 is 5.97 Å². The molecule has 0 amide bonds. The second kappa shape index (κ2) is 8.12. The van der Waals surface area contributed by atoms with Crippen molar-refractivity contribution in [3.8, 4) is 5.75 Å². The maximum absolute atomic E-state index is 11.1. The number of hydrogen-bond acceptors (Lipinski definition) is 3. The summed E-state index contributed by atoms with van der Waals surface area (Å²) in [6.07, 6.45) is -0.446. The summed E-state index contributed by atoms with van der Waals surface area (Å²) in [4.78, 5) is 11.1. The molecule has 0 fully saturated rings. The minimum atomic E-state index is -0.964. The molecule has 20 heavy (non-hydrogen) atoms. The summed E-state index contributed by atoms with van der Waals surface area (Å²) >= 11 is 6.18. The Balaban J connectivity index is 2.84. The zero-order valence-electron chi connectivity index (χ0n) is 12.1. The first kappa shape index (κ1) is 16.8. The Morgan fingerprint density at radius 1 is 1.45 bits per heavy atom. The highest BCUT2D eigenvalue weighted by molar-refractivity contribution is 6.31. The Bertz CT molecular complexity index is 449. The molecule has 0 saturated heterocycles. The summed E-state index contributed by atoms with van der Waals surface area (Å²) in [5.74, 6) is 0.0980. The van der Waals surface area contributed by atoms with Crippen molar-refractivity contribution in [3.63, 3.8) is 0 Å². The van der Waals surface area contributed by atoms with Gasteiger partial charge < -0.3 is 15.2 Å². The van der Waals surface area contributed by atoms with Crippen molar-refractivity contribution in [2.24, 2.45) is 5.92 Å². The molecule has 1 rings (SSSR count). The number of aliphatic carboxylic acids is 1. The van der Waals surface area contributed by atoms with Crippen molar-refractivity contribution >= 4 is 17.6 Å². The van der Waals surface area contributed by atoms with Crippen LogP contribution in [-0.4, -0.2) is 23.7 Å². The van der Waals surface area contributed by atoms with Crippen LogP contribution >= 0.6 is 11.6 Å². The number of carbonyl (C=O) groups is 1. The molecule has 0 spiro atoms. The van der Waals surface area contributed by atoms with Gasteiger partial charge in [0.05, 0.1) is 0 Å². The molecule has 112 valence electrons. The van der Waals surface area contributed by atoms with E-state index in [4.69, 9.17) is 21.4 Å². The largest absolute Gasteiger partial charge is 0.479 e. The van der Waals surface area contributed by atoms with Crippen LogP contribution in [0.15, 0.2) is 18.2 Å². The van der Waals surface area contributed by atoms with E-state index in [9.17, 15) is 4.79 Å². The zero-order valence-corrected chi connectivity index (χ0v) is 12.9. The standard InChI is InChI=1S/C15H22ClNO3/c1-4-13(15(18)19)20-14-7-5-6-12(16)11(14)9-17-8-10(2)3/h5-7,10,13,17H,4,8-9H2,1-3H3,(H,18,19). The highest BCUT2D eigenvalue weighted by Crippen LogP contribution is 2.27. The molecule has 0 aromatic heterocycles. The lowest BCUT2D eigenvalue weighted by Crippen LogP contribution is -2.27. The minimum Gasteiger partial charge on any atom is -0.479 e. The molecule has 0 aliphatic heterocycles. The van der Waals surface area contributed by atoms with E-state index in [0.717, 1.165) is 12.1 Å². The number of halogens is 1. The number of hydrogen-bond donors (Lipinski definition) is 2. The van der Waals surface area contributed by atoms with Crippen LogP contribution in [0.2, 0.25) is 5.02 Å². The Kier molecular flexibility index (Phi) is 6.82. The zero-order chi connectivity index (χ0) is 15.1. The van der Waals surface area contributed by atoms with Crippen LogP contribution < -0.4 is 10.1 Å². The first-order chi connectivity index (χ1) is 9.45. The fraction of sp³-hybridized carbons (Fsp3) is 0.533. The average Bonchev–Trinajstić information content (AvgIpc) is 2.37. The van der Waals surface area contributed by atoms with Gasteiger partial charge in [-0.05, 0) is 31.0 Å². The predicted octanol–water partition coefficient (Wildman–Crippen LogP) is 3.33. The highest BCUT2D eigenvalue weighted by atomic mass is 35.5. The van der Waals surface area contributed by atoms with Gasteiger partial charge in [-0.3, -0.25) is 0 Å². The van der Waals surface area contributed by atoms with Crippen molar-refractivity contribution in [3.05, 3.63) is 28.8 Å². The van der Waals surface area contributed by atoms with Crippen LogP contribution in [0.3, 0.4) is 0 Å². The molecule has 1 aromatic carbocycles. The molecule has 5 heteroatoms. The third-order valence-electron chi connectivity index (χ3n) is 2.85. The normalized spacial score (nSPS) is 12.4. The molecule has 2 N–H and O–H groups in total. The van der Waals surface area contributed by atoms with Gasteiger partial charge in [0.1, 0.15) is 5.75 Å². The van der Waals surface area contributed by atoms with E-state index >= 15 is 0 Å². The summed E-state index contributed by atoms with van der Waals surface area (Å²) in [7, 11) is 0. The second-order valence-electron chi connectivity index (χ2n) is 5.09. The summed E-state index contributed by atoms with van der Waals surface area (Å²) in [5.41, 5.74) is 0.800. The number of ether oxygens (including phenoxy) is 1. The molecule has 1 atom stereocenters.